The van der Waals surface area contributed by atoms with Gasteiger partial charge in [-0.2, -0.15) is 0 Å². The molecule has 0 aliphatic carbocycles. The first-order valence-corrected chi connectivity index (χ1v) is 6.35. The molecular weight excluding hydrogens is 268 g/mol. The molecule has 0 aliphatic rings. The number of hydrogen-bond acceptors (Lipinski definition) is 4. The average Bonchev–Trinajstić information content (AvgIpc) is 3.08. The minimum absolute atomic E-state index is 0.219. The molecule has 0 fully saturated rings. The Bertz CT molecular complexity index is 775. The average molecular weight is 282 g/mol. The molecule has 1 amide bonds. The van der Waals surface area contributed by atoms with Crippen molar-refractivity contribution in [3.63, 3.8) is 0 Å². The second kappa shape index (κ2) is 5.16. The minimum atomic E-state index is -0.219. The van der Waals surface area contributed by atoms with Crippen LogP contribution < -0.4 is 11.1 Å². The van der Waals surface area contributed by atoms with E-state index in [1.807, 2.05) is 24.3 Å². The Labute approximate surface area is 121 Å². The monoisotopic (exact) mass is 282 g/mol. The molecule has 6 heteroatoms. The van der Waals surface area contributed by atoms with Crippen molar-refractivity contribution in [2.75, 3.05) is 11.1 Å². The van der Waals surface area contributed by atoms with Crippen LogP contribution in [0.3, 0.4) is 0 Å². The number of hydrogen-bond donors (Lipinski definition) is 2. The number of carbonyl (C=O) groups is 1. The molecule has 0 radical (unpaired) electrons. The third-order valence-electron chi connectivity index (χ3n) is 3.10. The van der Waals surface area contributed by atoms with Crippen LogP contribution in [0.25, 0.3) is 11.3 Å². The number of rotatable bonds is 3. The first kappa shape index (κ1) is 13.0. The second-order valence-corrected chi connectivity index (χ2v) is 4.67. The van der Waals surface area contributed by atoms with E-state index in [4.69, 9.17) is 10.2 Å². The van der Waals surface area contributed by atoms with Crippen LogP contribution >= 0.6 is 0 Å². The molecule has 0 saturated heterocycles. The van der Waals surface area contributed by atoms with E-state index in [9.17, 15) is 4.79 Å². The van der Waals surface area contributed by atoms with Crippen molar-refractivity contribution in [1.82, 2.24) is 9.55 Å². The standard InChI is InChI=1S/C15H14N4O2/c1-19-8-11(16)6-13(19)15(20)18-12-4-2-3-10(5-12)14-7-17-9-21-14/h2-9H,16H2,1H3,(H,18,20). The lowest BCUT2D eigenvalue weighted by Crippen LogP contribution is -2.15. The van der Waals surface area contributed by atoms with Gasteiger partial charge in [0.25, 0.3) is 5.91 Å². The molecular formula is C15H14N4O2. The SMILES string of the molecule is Cn1cc(N)cc1C(=O)Nc1cccc(-c2cnco2)c1. The zero-order valence-corrected chi connectivity index (χ0v) is 11.4. The number of anilines is 2. The summed E-state index contributed by atoms with van der Waals surface area (Å²) in [6, 6.07) is 8.99. The fourth-order valence-corrected chi connectivity index (χ4v) is 2.12. The predicted molar refractivity (Wildman–Crippen MR) is 79.7 cm³/mol. The lowest BCUT2D eigenvalue weighted by atomic mass is 10.1. The first-order valence-electron chi connectivity index (χ1n) is 6.35. The van der Waals surface area contributed by atoms with Crippen molar-refractivity contribution in [1.29, 1.82) is 0 Å². The topological polar surface area (TPSA) is 86.1 Å². The highest BCUT2D eigenvalue weighted by Crippen LogP contribution is 2.22. The molecule has 0 atom stereocenters. The second-order valence-electron chi connectivity index (χ2n) is 4.67. The molecule has 3 aromatic rings. The molecule has 0 bridgehead atoms. The number of aromatic nitrogens is 2. The van der Waals surface area contributed by atoms with Crippen molar-refractivity contribution in [2.24, 2.45) is 7.05 Å². The highest BCUT2D eigenvalue weighted by Gasteiger charge is 2.11. The number of nitrogen functional groups attached to an aromatic ring is 1. The summed E-state index contributed by atoms with van der Waals surface area (Å²) in [5.74, 6) is 0.429. The molecule has 0 unspecified atom stereocenters. The molecule has 2 heterocycles. The molecule has 2 aromatic heterocycles. The maximum atomic E-state index is 12.2. The van der Waals surface area contributed by atoms with Gasteiger partial charge in [-0.25, -0.2) is 4.98 Å². The Kier molecular flexibility index (Phi) is 3.19. The summed E-state index contributed by atoms with van der Waals surface area (Å²) >= 11 is 0. The summed E-state index contributed by atoms with van der Waals surface area (Å²) in [7, 11) is 1.77. The highest BCUT2D eigenvalue weighted by atomic mass is 16.3. The Balaban J connectivity index is 1.84. The van der Waals surface area contributed by atoms with Gasteiger partial charge in [-0.3, -0.25) is 4.79 Å². The number of amides is 1. The number of nitrogens with two attached hydrogens (primary N) is 1. The van der Waals surface area contributed by atoms with E-state index >= 15 is 0 Å². The molecule has 0 spiro atoms. The molecule has 6 nitrogen and oxygen atoms in total. The predicted octanol–water partition coefficient (Wildman–Crippen LogP) is 2.51. The van der Waals surface area contributed by atoms with Crippen LogP contribution in [0, 0.1) is 0 Å². The molecule has 106 valence electrons. The van der Waals surface area contributed by atoms with Gasteiger partial charge in [0.1, 0.15) is 5.69 Å². The Morgan fingerprint density at radius 2 is 2.24 bits per heavy atom. The van der Waals surface area contributed by atoms with E-state index in [2.05, 4.69) is 10.3 Å². The van der Waals surface area contributed by atoms with Crippen LogP contribution in [0.4, 0.5) is 11.4 Å². The van der Waals surface area contributed by atoms with Gasteiger partial charge in [0, 0.05) is 24.5 Å². The summed E-state index contributed by atoms with van der Waals surface area (Å²) in [6.07, 6.45) is 4.69. The van der Waals surface area contributed by atoms with Gasteiger partial charge in [0.2, 0.25) is 0 Å². The molecule has 3 N–H and O–H groups in total. The van der Waals surface area contributed by atoms with Crippen molar-refractivity contribution in [2.45, 2.75) is 0 Å². The number of oxazole rings is 1. The summed E-state index contributed by atoms with van der Waals surface area (Å²) in [5, 5.41) is 2.84. The lowest BCUT2D eigenvalue weighted by molar-refractivity contribution is 0.101. The first-order chi connectivity index (χ1) is 10.1. The van der Waals surface area contributed by atoms with Crippen LogP contribution in [-0.2, 0) is 7.05 Å². The molecule has 0 saturated carbocycles. The third kappa shape index (κ3) is 2.64. The van der Waals surface area contributed by atoms with E-state index in [0.717, 1.165) is 5.56 Å². The molecule has 3 rings (SSSR count). The highest BCUT2D eigenvalue weighted by molar-refractivity contribution is 6.04. The quantitative estimate of drug-likeness (QED) is 0.772. The fourth-order valence-electron chi connectivity index (χ4n) is 2.12. The maximum absolute atomic E-state index is 12.2. The molecule has 21 heavy (non-hydrogen) atoms. The van der Waals surface area contributed by atoms with Gasteiger partial charge in [0.05, 0.1) is 11.9 Å². The Hall–Kier alpha value is -3.02. The van der Waals surface area contributed by atoms with Crippen LogP contribution in [0.5, 0.6) is 0 Å². The number of nitrogens with one attached hydrogen (secondary N) is 1. The zero-order valence-electron chi connectivity index (χ0n) is 11.4. The summed E-state index contributed by atoms with van der Waals surface area (Å²) in [5.41, 5.74) is 8.25. The minimum Gasteiger partial charge on any atom is -0.444 e. The molecule has 1 aromatic carbocycles. The van der Waals surface area contributed by atoms with E-state index < -0.39 is 0 Å². The van der Waals surface area contributed by atoms with Gasteiger partial charge in [-0.1, -0.05) is 12.1 Å². The van der Waals surface area contributed by atoms with Crippen LogP contribution in [-0.4, -0.2) is 15.5 Å². The third-order valence-corrected chi connectivity index (χ3v) is 3.10. The van der Waals surface area contributed by atoms with Crippen LogP contribution in [0.1, 0.15) is 10.5 Å². The smallest absolute Gasteiger partial charge is 0.272 e. The summed E-state index contributed by atoms with van der Waals surface area (Å²) in [4.78, 5) is 16.1. The number of carbonyl (C=O) groups excluding carboxylic acids is 1. The van der Waals surface area contributed by atoms with Gasteiger partial charge < -0.3 is 20.0 Å². The van der Waals surface area contributed by atoms with Gasteiger partial charge >= 0.3 is 0 Å². The largest absolute Gasteiger partial charge is 0.444 e. The van der Waals surface area contributed by atoms with Crippen LogP contribution in [0.15, 0.2) is 53.5 Å². The number of nitrogens with zero attached hydrogens (tertiary/aromatic N) is 2. The Morgan fingerprint density at radius 3 is 2.90 bits per heavy atom. The molecule has 0 aliphatic heterocycles. The van der Waals surface area contributed by atoms with Gasteiger partial charge in [0.15, 0.2) is 12.2 Å². The van der Waals surface area contributed by atoms with Crippen molar-refractivity contribution in [3.05, 3.63) is 54.8 Å². The van der Waals surface area contributed by atoms with Crippen LogP contribution in [0.2, 0.25) is 0 Å². The summed E-state index contributed by atoms with van der Waals surface area (Å²) in [6.45, 7) is 0. The van der Waals surface area contributed by atoms with Crippen molar-refractivity contribution < 1.29 is 9.21 Å². The van der Waals surface area contributed by atoms with E-state index in [1.54, 1.807) is 30.1 Å². The maximum Gasteiger partial charge on any atom is 0.272 e. The normalized spacial score (nSPS) is 10.5. The van der Waals surface area contributed by atoms with Gasteiger partial charge in [-0.05, 0) is 18.2 Å². The van der Waals surface area contributed by atoms with E-state index in [-0.39, 0.29) is 5.91 Å². The van der Waals surface area contributed by atoms with Crippen molar-refractivity contribution in [3.8, 4) is 11.3 Å². The zero-order chi connectivity index (χ0) is 14.8. The number of aryl methyl sites for hydroxylation is 1. The van der Waals surface area contributed by atoms with E-state index in [0.29, 0.717) is 22.8 Å². The summed E-state index contributed by atoms with van der Waals surface area (Å²) < 4.78 is 6.93. The fraction of sp³-hybridized carbons (Fsp3) is 0.0667. The van der Waals surface area contributed by atoms with E-state index in [1.165, 1.54) is 6.39 Å². The van der Waals surface area contributed by atoms with Crippen molar-refractivity contribution >= 4 is 17.3 Å². The number of benzene rings is 1. The Morgan fingerprint density at radius 1 is 1.38 bits per heavy atom. The lowest BCUT2D eigenvalue weighted by Gasteiger charge is -2.07. The van der Waals surface area contributed by atoms with Gasteiger partial charge in [-0.15, -0.1) is 0 Å².